The molecule has 0 aliphatic carbocycles. The normalized spacial score (nSPS) is 17.6. The van der Waals surface area contributed by atoms with Crippen LogP contribution in [0, 0.1) is 12.8 Å². The number of piperidine rings is 1. The van der Waals surface area contributed by atoms with Crippen LogP contribution in [0.5, 0.6) is 0 Å². The van der Waals surface area contributed by atoms with Gasteiger partial charge < -0.3 is 5.32 Å². The van der Waals surface area contributed by atoms with E-state index in [-0.39, 0.29) is 0 Å². The summed E-state index contributed by atoms with van der Waals surface area (Å²) in [5.74, 6) is 2.23. The summed E-state index contributed by atoms with van der Waals surface area (Å²) in [4.78, 5) is 1.42. The van der Waals surface area contributed by atoms with Crippen LogP contribution < -0.4 is 5.32 Å². The fourth-order valence-corrected chi connectivity index (χ4v) is 3.16. The van der Waals surface area contributed by atoms with E-state index in [9.17, 15) is 0 Å². The van der Waals surface area contributed by atoms with Crippen molar-refractivity contribution in [1.82, 2.24) is 5.32 Å². The first kappa shape index (κ1) is 12.0. The molecule has 1 aliphatic heterocycles. The van der Waals surface area contributed by atoms with Crippen LogP contribution in [0.1, 0.15) is 24.8 Å². The van der Waals surface area contributed by atoms with Crippen LogP contribution in [0.4, 0.5) is 0 Å². The number of nitrogens with one attached hydrogen (secondary N) is 1. The summed E-state index contributed by atoms with van der Waals surface area (Å²) in [5, 5.41) is 3.42. The number of hydrogen-bond acceptors (Lipinski definition) is 2. The van der Waals surface area contributed by atoms with E-state index in [4.69, 9.17) is 0 Å². The first-order valence-electron chi connectivity index (χ1n) is 6.25. The highest BCUT2D eigenvalue weighted by molar-refractivity contribution is 7.99. The van der Waals surface area contributed by atoms with Gasteiger partial charge in [0.05, 0.1) is 0 Å². The topological polar surface area (TPSA) is 12.0 Å². The zero-order valence-corrected chi connectivity index (χ0v) is 10.9. The lowest BCUT2D eigenvalue weighted by molar-refractivity contribution is 0.367. The van der Waals surface area contributed by atoms with Gasteiger partial charge in [-0.1, -0.05) is 17.7 Å². The molecule has 0 aromatic heterocycles. The molecular weight excluding hydrogens is 214 g/mol. The van der Waals surface area contributed by atoms with Gasteiger partial charge in [-0.25, -0.2) is 0 Å². The van der Waals surface area contributed by atoms with Crippen molar-refractivity contribution in [2.45, 2.75) is 31.1 Å². The third-order valence-electron chi connectivity index (χ3n) is 3.27. The Morgan fingerprint density at radius 3 is 2.56 bits per heavy atom. The van der Waals surface area contributed by atoms with Gasteiger partial charge in [0.15, 0.2) is 0 Å². The van der Waals surface area contributed by atoms with E-state index in [0.717, 1.165) is 5.92 Å². The Bertz CT molecular complexity index is 301. The van der Waals surface area contributed by atoms with E-state index < -0.39 is 0 Å². The predicted molar refractivity (Wildman–Crippen MR) is 72.1 cm³/mol. The Hall–Kier alpha value is -0.470. The molecule has 1 aromatic rings. The van der Waals surface area contributed by atoms with E-state index >= 15 is 0 Å². The fraction of sp³-hybridized carbons (Fsp3) is 0.571. The molecule has 0 amide bonds. The molecule has 0 unspecified atom stereocenters. The van der Waals surface area contributed by atoms with Gasteiger partial charge in [-0.05, 0) is 63.1 Å². The second kappa shape index (κ2) is 6.31. The molecule has 2 rings (SSSR count). The molecule has 1 saturated heterocycles. The van der Waals surface area contributed by atoms with Gasteiger partial charge in [-0.15, -0.1) is 11.8 Å². The molecule has 16 heavy (non-hydrogen) atoms. The van der Waals surface area contributed by atoms with Crippen LogP contribution in [0.2, 0.25) is 0 Å². The zero-order chi connectivity index (χ0) is 11.2. The lowest BCUT2D eigenvalue weighted by Gasteiger charge is -2.22. The van der Waals surface area contributed by atoms with E-state index in [1.54, 1.807) is 0 Å². The van der Waals surface area contributed by atoms with Crippen molar-refractivity contribution in [2.75, 3.05) is 18.8 Å². The molecule has 88 valence electrons. The van der Waals surface area contributed by atoms with Crippen molar-refractivity contribution in [3.05, 3.63) is 29.8 Å². The second-order valence-corrected chi connectivity index (χ2v) is 5.81. The second-order valence-electron chi connectivity index (χ2n) is 4.64. The Labute approximate surface area is 103 Å². The molecule has 1 heterocycles. The molecule has 1 aromatic carbocycles. The summed E-state index contributed by atoms with van der Waals surface area (Å²) in [6, 6.07) is 8.88. The monoisotopic (exact) mass is 235 g/mol. The maximum absolute atomic E-state index is 3.42. The number of thioether (sulfide) groups is 1. The minimum atomic E-state index is 0.958. The van der Waals surface area contributed by atoms with Gasteiger partial charge in [0, 0.05) is 4.90 Å². The van der Waals surface area contributed by atoms with Crippen LogP contribution in [-0.2, 0) is 0 Å². The van der Waals surface area contributed by atoms with Crippen LogP contribution in [0.15, 0.2) is 29.2 Å². The van der Waals surface area contributed by atoms with E-state index in [2.05, 4.69) is 36.5 Å². The SMILES string of the molecule is Cc1ccc(SCCC2CCNCC2)cc1. The molecule has 1 N–H and O–H groups in total. The van der Waals surface area contributed by atoms with Gasteiger partial charge in [0.25, 0.3) is 0 Å². The predicted octanol–water partition coefficient (Wildman–Crippen LogP) is 3.48. The zero-order valence-electron chi connectivity index (χ0n) is 10.0. The summed E-state index contributed by atoms with van der Waals surface area (Å²) >= 11 is 2.00. The molecule has 0 bridgehead atoms. The lowest BCUT2D eigenvalue weighted by Crippen LogP contribution is -2.27. The van der Waals surface area contributed by atoms with Gasteiger partial charge in [-0.2, -0.15) is 0 Å². The highest BCUT2D eigenvalue weighted by Crippen LogP contribution is 2.23. The van der Waals surface area contributed by atoms with E-state index in [1.165, 1.54) is 48.6 Å². The van der Waals surface area contributed by atoms with Crippen molar-refractivity contribution in [3.63, 3.8) is 0 Å². The quantitative estimate of drug-likeness (QED) is 0.802. The third kappa shape index (κ3) is 3.84. The minimum absolute atomic E-state index is 0.958. The van der Waals surface area contributed by atoms with Crippen molar-refractivity contribution < 1.29 is 0 Å². The van der Waals surface area contributed by atoms with Crippen molar-refractivity contribution in [2.24, 2.45) is 5.92 Å². The molecule has 1 aliphatic rings. The first-order valence-corrected chi connectivity index (χ1v) is 7.23. The first-order chi connectivity index (χ1) is 7.84. The van der Waals surface area contributed by atoms with Crippen LogP contribution in [0.3, 0.4) is 0 Å². The maximum Gasteiger partial charge on any atom is 0.00721 e. The molecule has 2 heteroatoms. The molecule has 0 radical (unpaired) electrons. The van der Waals surface area contributed by atoms with Crippen LogP contribution in [-0.4, -0.2) is 18.8 Å². The third-order valence-corrected chi connectivity index (χ3v) is 4.32. The van der Waals surface area contributed by atoms with E-state index in [0.29, 0.717) is 0 Å². The van der Waals surface area contributed by atoms with Crippen molar-refractivity contribution in [1.29, 1.82) is 0 Å². The molecular formula is C14H21NS. The van der Waals surface area contributed by atoms with Crippen molar-refractivity contribution >= 4 is 11.8 Å². The Balaban J connectivity index is 1.69. The van der Waals surface area contributed by atoms with Gasteiger partial charge in [-0.3, -0.25) is 0 Å². The number of hydrogen-bond donors (Lipinski definition) is 1. The minimum Gasteiger partial charge on any atom is -0.317 e. The van der Waals surface area contributed by atoms with E-state index in [1.807, 2.05) is 11.8 Å². The molecule has 0 saturated carbocycles. The lowest BCUT2D eigenvalue weighted by atomic mass is 9.96. The standard InChI is InChI=1S/C14H21NS/c1-12-2-4-14(5-3-12)16-11-8-13-6-9-15-10-7-13/h2-5,13,15H,6-11H2,1H3. The largest absolute Gasteiger partial charge is 0.317 e. The van der Waals surface area contributed by atoms with Gasteiger partial charge in [0.2, 0.25) is 0 Å². The highest BCUT2D eigenvalue weighted by Gasteiger charge is 2.12. The van der Waals surface area contributed by atoms with Gasteiger partial charge in [0.1, 0.15) is 0 Å². The average Bonchev–Trinajstić information content (AvgIpc) is 2.33. The summed E-state index contributed by atoms with van der Waals surface area (Å²) < 4.78 is 0. The maximum atomic E-state index is 3.42. The molecule has 0 spiro atoms. The van der Waals surface area contributed by atoms with Crippen molar-refractivity contribution in [3.8, 4) is 0 Å². The smallest absolute Gasteiger partial charge is 0.00721 e. The molecule has 1 fully saturated rings. The number of benzene rings is 1. The molecule has 0 atom stereocenters. The molecule has 1 nitrogen and oxygen atoms in total. The summed E-state index contributed by atoms with van der Waals surface area (Å²) in [7, 11) is 0. The Morgan fingerprint density at radius 2 is 1.88 bits per heavy atom. The van der Waals surface area contributed by atoms with Gasteiger partial charge >= 0.3 is 0 Å². The summed E-state index contributed by atoms with van der Waals surface area (Å²) in [6.07, 6.45) is 4.11. The number of aryl methyl sites for hydroxylation is 1. The Kier molecular flexibility index (Phi) is 4.73. The fourth-order valence-electron chi connectivity index (χ4n) is 2.15. The number of rotatable bonds is 4. The summed E-state index contributed by atoms with van der Waals surface area (Å²) in [6.45, 7) is 4.59. The van der Waals surface area contributed by atoms with Crippen LogP contribution in [0.25, 0.3) is 0 Å². The van der Waals surface area contributed by atoms with Crippen LogP contribution >= 0.6 is 11.8 Å². The summed E-state index contributed by atoms with van der Waals surface area (Å²) in [5.41, 5.74) is 1.35. The average molecular weight is 235 g/mol. The highest BCUT2D eigenvalue weighted by atomic mass is 32.2. The Morgan fingerprint density at radius 1 is 1.19 bits per heavy atom.